The van der Waals surface area contributed by atoms with Gasteiger partial charge in [-0.2, -0.15) is 25.3 Å². The van der Waals surface area contributed by atoms with E-state index < -0.39 is 6.23 Å². The Balaban J connectivity index is 2.28. The molecule has 6 nitrogen and oxygen atoms in total. The van der Waals surface area contributed by atoms with Crippen molar-refractivity contribution in [3.05, 3.63) is 0 Å². The number of nitrogens with zero attached hydrogens (tertiary/aromatic N) is 1. The van der Waals surface area contributed by atoms with Crippen LogP contribution < -0.4 is 5.32 Å². The first-order valence-electron chi connectivity index (χ1n) is 11.5. The van der Waals surface area contributed by atoms with E-state index in [0.29, 0.717) is 49.4 Å². The van der Waals surface area contributed by atoms with Crippen LogP contribution in [0, 0.1) is 5.92 Å². The topological polar surface area (TPSA) is 78.9 Å². The number of hydrogen-bond donors (Lipinski definition) is 4. The molecule has 1 aliphatic rings. The summed E-state index contributed by atoms with van der Waals surface area (Å²) in [6.07, 6.45) is 7.30. The van der Waals surface area contributed by atoms with Crippen molar-refractivity contribution in [3.8, 4) is 0 Å². The van der Waals surface area contributed by atoms with E-state index in [-0.39, 0.29) is 18.5 Å². The fraction of sp³-hybridized carbons (Fsp3) is 0.909. The van der Waals surface area contributed by atoms with Gasteiger partial charge in [-0.25, -0.2) is 0 Å². The summed E-state index contributed by atoms with van der Waals surface area (Å²) in [5, 5.41) is 12.6. The van der Waals surface area contributed by atoms with E-state index in [1.165, 1.54) is 0 Å². The van der Waals surface area contributed by atoms with Gasteiger partial charge < -0.3 is 14.7 Å². The number of carbonyl (C=O) groups is 2. The monoisotopic (exact) mass is 462 g/mol. The summed E-state index contributed by atoms with van der Waals surface area (Å²) >= 11 is 8.78. The third-order valence-electron chi connectivity index (χ3n) is 5.58. The van der Waals surface area contributed by atoms with Crippen LogP contribution in [0.15, 0.2) is 0 Å². The van der Waals surface area contributed by atoms with Crippen LogP contribution in [0.5, 0.6) is 0 Å². The van der Waals surface area contributed by atoms with Gasteiger partial charge in [0.15, 0.2) is 6.23 Å². The second-order valence-corrected chi connectivity index (χ2v) is 9.73. The molecular formula is C22H42N2O4S2. The maximum Gasteiger partial charge on any atom is 0.307 e. The molecule has 4 unspecified atom stereocenters. The number of unbranched alkanes of at least 4 members (excludes halogenated alkanes) is 1. The lowest BCUT2D eigenvalue weighted by Crippen LogP contribution is -2.39. The zero-order valence-corrected chi connectivity index (χ0v) is 20.5. The van der Waals surface area contributed by atoms with Crippen molar-refractivity contribution in [1.29, 1.82) is 0 Å². The number of rotatable bonds is 16. The van der Waals surface area contributed by atoms with Crippen molar-refractivity contribution >= 4 is 37.1 Å². The summed E-state index contributed by atoms with van der Waals surface area (Å²) in [5.41, 5.74) is 0. The summed E-state index contributed by atoms with van der Waals surface area (Å²) in [6.45, 7) is 5.60. The van der Waals surface area contributed by atoms with Crippen LogP contribution in [-0.2, 0) is 14.3 Å². The van der Waals surface area contributed by atoms with Crippen molar-refractivity contribution in [2.75, 3.05) is 25.4 Å². The Labute approximate surface area is 193 Å². The molecule has 0 spiro atoms. The average molecular weight is 463 g/mol. The van der Waals surface area contributed by atoms with Crippen molar-refractivity contribution < 1.29 is 19.4 Å². The highest BCUT2D eigenvalue weighted by Gasteiger charge is 2.29. The Kier molecular flexibility index (Phi) is 14.9. The minimum atomic E-state index is -0.458. The Morgan fingerprint density at radius 2 is 1.87 bits per heavy atom. The van der Waals surface area contributed by atoms with Gasteiger partial charge in [0.2, 0.25) is 5.91 Å². The lowest BCUT2D eigenvalue weighted by molar-refractivity contribution is -0.151. The van der Waals surface area contributed by atoms with E-state index in [0.717, 1.165) is 50.8 Å². The van der Waals surface area contributed by atoms with Crippen LogP contribution in [0.25, 0.3) is 0 Å². The number of esters is 1. The van der Waals surface area contributed by atoms with Gasteiger partial charge in [-0.3, -0.25) is 14.9 Å². The number of nitrogens with one attached hydrogen (secondary N) is 1. The van der Waals surface area contributed by atoms with Crippen LogP contribution in [0.1, 0.15) is 78.1 Å². The summed E-state index contributed by atoms with van der Waals surface area (Å²) < 4.78 is 5.55. The van der Waals surface area contributed by atoms with Gasteiger partial charge in [-0.05, 0) is 57.1 Å². The van der Waals surface area contributed by atoms with Gasteiger partial charge in [0, 0.05) is 50.3 Å². The Hall–Kier alpha value is -0.440. The SMILES string of the molecule is CC1CC(C)N(C(=O)CCNC(CCCO)OC(=O)CCCCC(S)CCCS)C1. The molecule has 176 valence electrons. The number of aliphatic hydroxyl groups is 1. The molecule has 1 amide bonds. The van der Waals surface area contributed by atoms with E-state index in [4.69, 9.17) is 9.84 Å². The zero-order valence-electron chi connectivity index (χ0n) is 18.7. The molecule has 0 radical (unpaired) electrons. The fourth-order valence-corrected chi connectivity index (χ4v) is 4.50. The first kappa shape index (κ1) is 27.6. The molecule has 0 aromatic heterocycles. The maximum atomic E-state index is 12.4. The van der Waals surface area contributed by atoms with Crippen LogP contribution in [0.3, 0.4) is 0 Å². The molecule has 2 N–H and O–H groups in total. The molecule has 0 aliphatic carbocycles. The quantitative estimate of drug-likeness (QED) is 0.122. The lowest BCUT2D eigenvalue weighted by Gasteiger charge is -2.23. The third-order valence-corrected chi connectivity index (χ3v) is 6.41. The number of amides is 1. The van der Waals surface area contributed by atoms with E-state index in [2.05, 4.69) is 44.4 Å². The predicted octanol–water partition coefficient (Wildman–Crippen LogP) is 3.43. The van der Waals surface area contributed by atoms with Crippen molar-refractivity contribution in [2.24, 2.45) is 5.92 Å². The highest BCUT2D eigenvalue weighted by molar-refractivity contribution is 7.81. The van der Waals surface area contributed by atoms with E-state index >= 15 is 0 Å². The number of ether oxygens (including phenoxy) is 1. The van der Waals surface area contributed by atoms with Crippen molar-refractivity contribution in [1.82, 2.24) is 10.2 Å². The molecule has 0 saturated carbocycles. The lowest BCUT2D eigenvalue weighted by atomic mass is 10.1. The first-order chi connectivity index (χ1) is 14.4. The molecule has 1 heterocycles. The summed E-state index contributed by atoms with van der Waals surface area (Å²) in [6, 6.07) is 0.297. The molecule has 30 heavy (non-hydrogen) atoms. The molecule has 0 aromatic carbocycles. The van der Waals surface area contributed by atoms with Crippen molar-refractivity contribution in [2.45, 2.75) is 95.6 Å². The Morgan fingerprint density at radius 3 is 2.50 bits per heavy atom. The van der Waals surface area contributed by atoms with Gasteiger partial charge in [0.1, 0.15) is 0 Å². The van der Waals surface area contributed by atoms with Crippen LogP contribution in [-0.4, -0.2) is 64.9 Å². The number of likely N-dealkylation sites (tertiary alicyclic amines) is 1. The van der Waals surface area contributed by atoms with Gasteiger partial charge in [0.25, 0.3) is 0 Å². The minimum absolute atomic E-state index is 0.0491. The Morgan fingerprint density at radius 1 is 1.13 bits per heavy atom. The molecule has 0 bridgehead atoms. The van der Waals surface area contributed by atoms with Gasteiger partial charge >= 0.3 is 5.97 Å². The summed E-state index contributed by atoms with van der Waals surface area (Å²) in [4.78, 5) is 26.6. The van der Waals surface area contributed by atoms with E-state index in [1.807, 2.05) is 4.90 Å². The van der Waals surface area contributed by atoms with E-state index in [1.54, 1.807) is 0 Å². The molecule has 1 fully saturated rings. The zero-order chi connectivity index (χ0) is 22.4. The molecule has 4 atom stereocenters. The highest BCUT2D eigenvalue weighted by Crippen LogP contribution is 2.22. The second kappa shape index (κ2) is 16.2. The first-order valence-corrected chi connectivity index (χ1v) is 12.6. The normalized spacial score (nSPS) is 20.9. The molecule has 1 aliphatic heterocycles. The minimum Gasteiger partial charge on any atom is -0.447 e. The third kappa shape index (κ3) is 11.8. The van der Waals surface area contributed by atoms with Crippen molar-refractivity contribution in [3.63, 3.8) is 0 Å². The fourth-order valence-electron chi connectivity index (χ4n) is 3.95. The molecule has 0 aromatic rings. The smallest absolute Gasteiger partial charge is 0.307 e. The van der Waals surface area contributed by atoms with Gasteiger partial charge in [0.05, 0.1) is 0 Å². The predicted molar refractivity (Wildman–Crippen MR) is 128 cm³/mol. The molecule has 8 heteroatoms. The number of hydrogen-bond acceptors (Lipinski definition) is 7. The average Bonchev–Trinajstić information content (AvgIpc) is 3.05. The molecular weight excluding hydrogens is 420 g/mol. The summed E-state index contributed by atoms with van der Waals surface area (Å²) in [7, 11) is 0. The standard InChI is InChI=1S/C22H42N2O4S2/c1-17-15-18(2)24(16-17)21(26)11-12-23-20(9-5-13-25)28-22(27)10-4-3-7-19(30)8-6-14-29/h17-20,23,25,29-30H,3-16H2,1-2H3. The molecule has 1 saturated heterocycles. The van der Waals surface area contributed by atoms with Crippen LogP contribution in [0.4, 0.5) is 0 Å². The van der Waals surface area contributed by atoms with E-state index in [9.17, 15) is 9.59 Å². The number of carbonyl (C=O) groups excluding carboxylic acids is 2. The Bertz CT molecular complexity index is 496. The van der Waals surface area contributed by atoms with Crippen LogP contribution >= 0.6 is 25.3 Å². The van der Waals surface area contributed by atoms with Gasteiger partial charge in [-0.15, -0.1) is 0 Å². The largest absolute Gasteiger partial charge is 0.447 e. The molecule has 1 rings (SSSR count). The number of thiol groups is 2. The van der Waals surface area contributed by atoms with Gasteiger partial charge in [-0.1, -0.05) is 13.3 Å². The second-order valence-electron chi connectivity index (χ2n) is 8.55. The number of aliphatic hydroxyl groups excluding tert-OH is 1. The van der Waals surface area contributed by atoms with Crippen LogP contribution in [0.2, 0.25) is 0 Å². The summed E-state index contributed by atoms with van der Waals surface area (Å²) in [5.74, 6) is 1.35. The highest BCUT2D eigenvalue weighted by atomic mass is 32.1. The maximum absolute atomic E-state index is 12.4.